The summed E-state index contributed by atoms with van der Waals surface area (Å²) >= 11 is 0. The van der Waals surface area contributed by atoms with Crippen molar-refractivity contribution in [1.29, 1.82) is 5.26 Å². The lowest BCUT2D eigenvalue weighted by atomic mass is 10.0. The Morgan fingerprint density at radius 1 is 1.17 bits per heavy atom. The predicted molar refractivity (Wildman–Crippen MR) is 161 cm³/mol. The Balaban J connectivity index is 1.77. The van der Waals surface area contributed by atoms with Crippen molar-refractivity contribution in [1.82, 2.24) is 14.5 Å². The Hall–Kier alpha value is -4.30. The Bertz CT molecular complexity index is 1710. The minimum atomic E-state index is -4.25. The fourth-order valence-corrected chi connectivity index (χ4v) is 4.93. The zero-order valence-corrected chi connectivity index (χ0v) is 24.7. The van der Waals surface area contributed by atoms with Crippen molar-refractivity contribution in [3.8, 4) is 34.1 Å². The zero-order chi connectivity index (χ0) is 30.3. The fourth-order valence-electron chi connectivity index (χ4n) is 4.26. The number of rotatable bonds is 12. The summed E-state index contributed by atoms with van der Waals surface area (Å²) in [4.78, 5) is 29.0. The molecule has 218 valence electrons. The number of nitrogens with zero attached hydrogens (tertiary/aromatic N) is 4. The van der Waals surface area contributed by atoms with E-state index in [1.807, 2.05) is 43.3 Å². The molecule has 12 heteroatoms. The summed E-state index contributed by atoms with van der Waals surface area (Å²) < 4.78 is 29.3. The molecule has 0 fully saturated rings. The number of phosphoric ester groups is 1. The number of ether oxygens (including phenoxy) is 1. The molecule has 2 aromatic heterocycles. The van der Waals surface area contributed by atoms with E-state index in [9.17, 15) is 19.5 Å². The number of amides is 1. The number of fused-ring (bicyclic) bond motifs is 1. The summed E-state index contributed by atoms with van der Waals surface area (Å²) in [5.41, 5.74) is 4.51. The highest BCUT2D eigenvalue weighted by Crippen LogP contribution is 2.44. The molecule has 1 amide bonds. The van der Waals surface area contributed by atoms with Gasteiger partial charge in [0.1, 0.15) is 18.1 Å². The predicted octanol–water partition coefficient (Wildman–Crippen LogP) is 5.42. The lowest BCUT2D eigenvalue weighted by molar-refractivity contribution is -0.111. The summed E-state index contributed by atoms with van der Waals surface area (Å²) in [6.45, 7) is 1.96. The van der Waals surface area contributed by atoms with Crippen LogP contribution in [-0.2, 0) is 25.1 Å². The summed E-state index contributed by atoms with van der Waals surface area (Å²) in [5, 5.41) is 13.0. The Morgan fingerprint density at radius 3 is 2.69 bits per heavy atom. The van der Waals surface area contributed by atoms with Gasteiger partial charge in [0.2, 0.25) is 5.91 Å². The lowest BCUT2D eigenvalue weighted by Gasteiger charge is -2.12. The van der Waals surface area contributed by atoms with E-state index in [0.29, 0.717) is 29.2 Å². The summed E-state index contributed by atoms with van der Waals surface area (Å²) in [5.74, 6) is 0.275. The average Bonchev–Trinajstić information content (AvgIpc) is 3.33. The van der Waals surface area contributed by atoms with Gasteiger partial charge in [0.15, 0.2) is 0 Å². The molecule has 2 N–H and O–H groups in total. The molecule has 4 rings (SSSR count). The van der Waals surface area contributed by atoms with Crippen LogP contribution < -0.4 is 10.1 Å². The van der Waals surface area contributed by atoms with Crippen LogP contribution in [0.2, 0.25) is 0 Å². The van der Waals surface area contributed by atoms with E-state index in [1.165, 1.54) is 6.08 Å². The number of methoxy groups -OCH3 is 1. The molecule has 2 heterocycles. The van der Waals surface area contributed by atoms with E-state index in [1.54, 1.807) is 61.3 Å². The maximum Gasteiger partial charge on any atom is 0.473 e. The minimum Gasteiger partial charge on any atom is -0.497 e. The number of pyridine rings is 1. The van der Waals surface area contributed by atoms with Gasteiger partial charge in [-0.05, 0) is 62.5 Å². The van der Waals surface area contributed by atoms with Crippen LogP contribution in [0, 0.1) is 11.3 Å². The van der Waals surface area contributed by atoms with Crippen LogP contribution in [0.4, 0.5) is 5.69 Å². The van der Waals surface area contributed by atoms with Crippen LogP contribution in [-0.4, -0.2) is 59.6 Å². The van der Waals surface area contributed by atoms with Gasteiger partial charge in [-0.2, -0.15) is 5.26 Å². The minimum absolute atomic E-state index is 0.0172. The quantitative estimate of drug-likeness (QED) is 0.164. The number of hydrogen-bond donors (Lipinski definition) is 2. The average molecular weight is 590 g/mol. The van der Waals surface area contributed by atoms with E-state index in [4.69, 9.17) is 13.8 Å². The molecule has 0 aliphatic carbocycles. The first-order valence-corrected chi connectivity index (χ1v) is 14.5. The van der Waals surface area contributed by atoms with Gasteiger partial charge in [0, 0.05) is 53.3 Å². The van der Waals surface area contributed by atoms with Gasteiger partial charge in [-0.3, -0.25) is 13.8 Å². The topological polar surface area (TPSA) is 139 Å². The third kappa shape index (κ3) is 7.70. The van der Waals surface area contributed by atoms with Crippen molar-refractivity contribution < 1.29 is 28.0 Å². The summed E-state index contributed by atoms with van der Waals surface area (Å²) in [6, 6.07) is 16.6. The monoisotopic (exact) mass is 589 g/mol. The fraction of sp³-hybridized carbons (Fsp3) is 0.233. The highest BCUT2D eigenvalue weighted by molar-refractivity contribution is 7.47. The van der Waals surface area contributed by atoms with Crippen LogP contribution >= 0.6 is 7.82 Å². The standard InChI is InChI=1S/C30H32N5O6P/c1-5-40-42(37,38)41-20-35-19-28(22-9-6-8-21(12-22)17-31)27-15-24(18-32-30(27)35)23-13-25(16-26(14-23)39-4)33-29(36)10-7-11-34(2)3/h6-10,12-16,18-19H,5,11,20H2,1-4H3,(H,33,36)(H,37,38)/b10-7+. The molecule has 0 aliphatic heterocycles. The Labute approximate surface area is 244 Å². The van der Waals surface area contributed by atoms with Gasteiger partial charge in [0.05, 0.1) is 25.3 Å². The summed E-state index contributed by atoms with van der Waals surface area (Å²) in [6.07, 6.45) is 6.67. The second-order valence-electron chi connectivity index (χ2n) is 9.55. The molecule has 0 aliphatic rings. The Kier molecular flexibility index (Phi) is 9.91. The molecule has 1 unspecified atom stereocenters. The van der Waals surface area contributed by atoms with Gasteiger partial charge in [0.25, 0.3) is 0 Å². The number of carbonyl (C=O) groups excluding carboxylic acids is 1. The van der Waals surface area contributed by atoms with Crippen molar-refractivity contribution in [2.75, 3.05) is 39.7 Å². The van der Waals surface area contributed by atoms with Crippen molar-refractivity contribution in [3.63, 3.8) is 0 Å². The van der Waals surface area contributed by atoms with Crippen molar-refractivity contribution in [2.24, 2.45) is 0 Å². The first-order chi connectivity index (χ1) is 20.1. The van der Waals surface area contributed by atoms with Crippen LogP contribution in [0.5, 0.6) is 5.75 Å². The number of phosphoric acid groups is 1. The molecule has 0 bridgehead atoms. The third-order valence-electron chi connectivity index (χ3n) is 6.15. The number of nitrogens with one attached hydrogen (secondary N) is 1. The van der Waals surface area contributed by atoms with Crippen LogP contribution in [0.1, 0.15) is 12.5 Å². The molecule has 2 aromatic carbocycles. The number of aromatic nitrogens is 2. The van der Waals surface area contributed by atoms with E-state index >= 15 is 0 Å². The SMILES string of the molecule is CCOP(=O)(O)OCn1cc(-c2cccc(C#N)c2)c2cc(-c3cc(NC(=O)/C=C/CN(C)C)cc(OC)c3)cnc21. The second-order valence-corrected chi connectivity index (χ2v) is 11.0. The van der Waals surface area contributed by atoms with Gasteiger partial charge in [-0.15, -0.1) is 0 Å². The van der Waals surface area contributed by atoms with E-state index in [0.717, 1.165) is 27.6 Å². The first kappa shape index (κ1) is 30.7. The molecule has 11 nitrogen and oxygen atoms in total. The van der Waals surface area contributed by atoms with Crippen molar-refractivity contribution in [2.45, 2.75) is 13.7 Å². The van der Waals surface area contributed by atoms with E-state index in [-0.39, 0.29) is 19.2 Å². The smallest absolute Gasteiger partial charge is 0.473 e. The third-order valence-corrected chi connectivity index (χ3v) is 7.18. The lowest BCUT2D eigenvalue weighted by Crippen LogP contribution is -2.13. The highest BCUT2D eigenvalue weighted by atomic mass is 31.2. The van der Waals surface area contributed by atoms with Crippen LogP contribution in [0.25, 0.3) is 33.3 Å². The molecule has 0 spiro atoms. The molecular weight excluding hydrogens is 557 g/mol. The zero-order valence-electron chi connectivity index (χ0n) is 23.8. The van der Waals surface area contributed by atoms with Gasteiger partial charge in [-0.25, -0.2) is 9.55 Å². The molecular formula is C30H32N5O6P. The van der Waals surface area contributed by atoms with Crippen LogP contribution in [0.3, 0.4) is 0 Å². The van der Waals surface area contributed by atoms with Gasteiger partial charge < -0.3 is 24.4 Å². The van der Waals surface area contributed by atoms with Gasteiger partial charge in [-0.1, -0.05) is 18.2 Å². The van der Waals surface area contributed by atoms with E-state index < -0.39 is 7.82 Å². The maximum atomic E-state index is 12.5. The molecule has 0 radical (unpaired) electrons. The second kappa shape index (κ2) is 13.6. The van der Waals surface area contributed by atoms with Gasteiger partial charge >= 0.3 is 7.82 Å². The van der Waals surface area contributed by atoms with Crippen molar-refractivity contribution >= 4 is 30.5 Å². The number of likely N-dealkylation sites (N-methyl/N-ethyl adjacent to an activating group) is 1. The van der Waals surface area contributed by atoms with Crippen molar-refractivity contribution in [3.05, 3.63) is 78.6 Å². The number of benzene rings is 2. The molecule has 4 aromatic rings. The number of hydrogen-bond acceptors (Lipinski definition) is 8. The molecule has 1 atom stereocenters. The Morgan fingerprint density at radius 2 is 1.98 bits per heavy atom. The normalized spacial score (nSPS) is 12.9. The number of nitriles is 1. The molecule has 0 saturated carbocycles. The number of carbonyl (C=O) groups is 1. The largest absolute Gasteiger partial charge is 0.497 e. The number of anilines is 1. The highest BCUT2D eigenvalue weighted by Gasteiger charge is 2.22. The summed E-state index contributed by atoms with van der Waals surface area (Å²) in [7, 11) is 1.13. The maximum absolute atomic E-state index is 12.5. The molecule has 42 heavy (non-hydrogen) atoms. The molecule has 0 saturated heterocycles. The first-order valence-electron chi connectivity index (χ1n) is 13.1. The van der Waals surface area contributed by atoms with E-state index in [2.05, 4.69) is 16.4 Å². The van der Waals surface area contributed by atoms with Crippen LogP contribution in [0.15, 0.2) is 73.1 Å².